The molecule has 2 N–H and O–H groups in total. The molecule has 16 heavy (non-hydrogen) atoms. The Labute approximate surface area is 97.6 Å². The van der Waals surface area contributed by atoms with E-state index in [9.17, 15) is 10.2 Å². The van der Waals surface area contributed by atoms with Crippen LogP contribution in [-0.2, 0) is 9.47 Å². The summed E-state index contributed by atoms with van der Waals surface area (Å²) in [6.07, 6.45) is 0.517. The summed E-state index contributed by atoms with van der Waals surface area (Å²) < 4.78 is 11.0. The van der Waals surface area contributed by atoms with E-state index in [0.717, 1.165) is 12.8 Å². The van der Waals surface area contributed by atoms with Crippen LogP contribution in [0.15, 0.2) is 0 Å². The summed E-state index contributed by atoms with van der Waals surface area (Å²) in [5.74, 6) is -0.125. The normalized spacial score (nSPS) is 33.9. The van der Waals surface area contributed by atoms with Gasteiger partial charge in [0.25, 0.3) is 0 Å². The van der Waals surface area contributed by atoms with Crippen LogP contribution in [0.4, 0.5) is 0 Å². The van der Waals surface area contributed by atoms with Crippen molar-refractivity contribution in [3.63, 3.8) is 0 Å². The van der Waals surface area contributed by atoms with Crippen LogP contribution in [-0.4, -0.2) is 47.8 Å². The van der Waals surface area contributed by atoms with E-state index in [1.54, 1.807) is 13.8 Å². The van der Waals surface area contributed by atoms with Gasteiger partial charge in [-0.05, 0) is 20.3 Å². The number of aliphatic hydroxyl groups excluding tert-OH is 2. The van der Waals surface area contributed by atoms with Crippen molar-refractivity contribution in [2.24, 2.45) is 5.92 Å². The van der Waals surface area contributed by atoms with Crippen LogP contribution in [0.1, 0.15) is 33.6 Å². The predicted molar refractivity (Wildman–Crippen MR) is 61.3 cm³/mol. The number of aliphatic hydroxyl groups is 2. The van der Waals surface area contributed by atoms with E-state index in [2.05, 4.69) is 6.92 Å². The molecule has 1 aliphatic rings. The molecule has 1 aliphatic heterocycles. The van der Waals surface area contributed by atoms with Crippen LogP contribution < -0.4 is 0 Å². The molecule has 96 valence electrons. The Hall–Kier alpha value is -0.160. The van der Waals surface area contributed by atoms with Crippen LogP contribution >= 0.6 is 0 Å². The van der Waals surface area contributed by atoms with Crippen LogP contribution in [0.25, 0.3) is 0 Å². The number of rotatable bonds is 5. The van der Waals surface area contributed by atoms with Crippen LogP contribution in [0.5, 0.6) is 0 Å². The van der Waals surface area contributed by atoms with Gasteiger partial charge in [-0.25, -0.2) is 0 Å². The zero-order valence-electron chi connectivity index (χ0n) is 10.5. The summed E-state index contributed by atoms with van der Waals surface area (Å²) >= 11 is 0. The van der Waals surface area contributed by atoms with Crippen LogP contribution in [0, 0.1) is 5.92 Å². The lowest BCUT2D eigenvalue weighted by atomic mass is 9.86. The lowest BCUT2D eigenvalue weighted by Crippen LogP contribution is -2.56. The SMILES string of the molecule is CCCCOCC1COC(C)(C)C(O)C1O. The first kappa shape index (κ1) is 13.9. The molecule has 0 bridgehead atoms. The highest BCUT2D eigenvalue weighted by Crippen LogP contribution is 2.28. The highest BCUT2D eigenvalue weighted by molar-refractivity contribution is 4.92. The summed E-state index contributed by atoms with van der Waals surface area (Å²) in [6, 6.07) is 0. The van der Waals surface area contributed by atoms with E-state index in [0.29, 0.717) is 19.8 Å². The monoisotopic (exact) mass is 232 g/mol. The molecule has 0 radical (unpaired) electrons. The number of unbranched alkanes of at least 4 members (excludes halogenated alkanes) is 1. The molecule has 3 atom stereocenters. The highest BCUT2D eigenvalue weighted by atomic mass is 16.5. The average Bonchev–Trinajstić information content (AvgIpc) is 2.24. The van der Waals surface area contributed by atoms with Gasteiger partial charge in [0.15, 0.2) is 0 Å². The van der Waals surface area contributed by atoms with E-state index >= 15 is 0 Å². The number of ether oxygens (including phenoxy) is 2. The molecule has 0 aliphatic carbocycles. The summed E-state index contributed by atoms with van der Waals surface area (Å²) in [4.78, 5) is 0. The summed E-state index contributed by atoms with van der Waals surface area (Å²) in [6.45, 7) is 7.28. The molecule has 1 fully saturated rings. The van der Waals surface area contributed by atoms with Gasteiger partial charge in [-0.15, -0.1) is 0 Å². The third-order valence-corrected chi connectivity index (χ3v) is 3.16. The maximum Gasteiger partial charge on any atom is 0.109 e. The van der Waals surface area contributed by atoms with Crippen molar-refractivity contribution in [2.75, 3.05) is 19.8 Å². The van der Waals surface area contributed by atoms with Gasteiger partial charge in [-0.3, -0.25) is 0 Å². The van der Waals surface area contributed by atoms with Crippen molar-refractivity contribution in [2.45, 2.75) is 51.4 Å². The van der Waals surface area contributed by atoms with E-state index in [1.165, 1.54) is 0 Å². The van der Waals surface area contributed by atoms with Gasteiger partial charge in [0.1, 0.15) is 6.10 Å². The summed E-state index contributed by atoms with van der Waals surface area (Å²) in [7, 11) is 0. The molecule has 0 spiro atoms. The zero-order chi connectivity index (χ0) is 12.2. The van der Waals surface area contributed by atoms with Crippen molar-refractivity contribution in [3.05, 3.63) is 0 Å². The van der Waals surface area contributed by atoms with Gasteiger partial charge in [0, 0.05) is 12.5 Å². The van der Waals surface area contributed by atoms with Gasteiger partial charge in [-0.1, -0.05) is 13.3 Å². The smallest absolute Gasteiger partial charge is 0.109 e. The summed E-state index contributed by atoms with van der Waals surface area (Å²) in [5.41, 5.74) is -0.667. The van der Waals surface area contributed by atoms with Gasteiger partial charge >= 0.3 is 0 Å². The molecular formula is C12H24O4. The minimum atomic E-state index is -0.846. The Morgan fingerprint density at radius 2 is 2.06 bits per heavy atom. The second-order valence-corrected chi connectivity index (χ2v) is 5.04. The first-order valence-electron chi connectivity index (χ1n) is 6.07. The Bertz CT molecular complexity index is 205. The second kappa shape index (κ2) is 5.96. The molecule has 1 rings (SSSR count). The predicted octanol–water partition coefficient (Wildman–Crippen LogP) is 0.950. The molecular weight excluding hydrogens is 208 g/mol. The number of hydrogen-bond donors (Lipinski definition) is 2. The second-order valence-electron chi connectivity index (χ2n) is 5.04. The lowest BCUT2D eigenvalue weighted by Gasteiger charge is -2.42. The third kappa shape index (κ3) is 3.42. The standard InChI is InChI=1S/C12H24O4/c1-4-5-6-15-7-9-8-16-12(2,3)11(14)10(9)13/h9-11,13-14H,4-8H2,1-3H3. The van der Waals surface area contributed by atoms with E-state index < -0.39 is 17.8 Å². The maximum absolute atomic E-state index is 9.92. The molecule has 0 aromatic rings. The largest absolute Gasteiger partial charge is 0.390 e. The molecule has 1 saturated heterocycles. The van der Waals surface area contributed by atoms with Gasteiger partial charge in [0.2, 0.25) is 0 Å². The fourth-order valence-electron chi connectivity index (χ4n) is 1.80. The fourth-order valence-corrected chi connectivity index (χ4v) is 1.80. The molecule has 4 heteroatoms. The lowest BCUT2D eigenvalue weighted by molar-refractivity contribution is -0.212. The minimum Gasteiger partial charge on any atom is -0.390 e. The molecule has 0 aromatic carbocycles. The van der Waals surface area contributed by atoms with E-state index in [1.807, 2.05) is 0 Å². The molecule has 1 heterocycles. The van der Waals surface area contributed by atoms with Crippen molar-refractivity contribution in [1.82, 2.24) is 0 Å². The van der Waals surface area contributed by atoms with Gasteiger partial charge in [0.05, 0.1) is 24.9 Å². The van der Waals surface area contributed by atoms with Crippen LogP contribution in [0.2, 0.25) is 0 Å². The summed E-state index contributed by atoms with van der Waals surface area (Å²) in [5, 5.41) is 19.8. The highest BCUT2D eigenvalue weighted by Gasteiger charge is 2.43. The third-order valence-electron chi connectivity index (χ3n) is 3.16. The Morgan fingerprint density at radius 1 is 1.38 bits per heavy atom. The Balaban J connectivity index is 2.34. The quantitative estimate of drug-likeness (QED) is 0.693. The fraction of sp³-hybridized carbons (Fsp3) is 1.00. The molecule has 0 saturated carbocycles. The topological polar surface area (TPSA) is 58.9 Å². The average molecular weight is 232 g/mol. The Morgan fingerprint density at radius 3 is 2.69 bits per heavy atom. The van der Waals surface area contributed by atoms with E-state index in [4.69, 9.17) is 9.47 Å². The first-order valence-corrected chi connectivity index (χ1v) is 6.07. The van der Waals surface area contributed by atoms with Crippen molar-refractivity contribution in [3.8, 4) is 0 Å². The zero-order valence-corrected chi connectivity index (χ0v) is 10.5. The van der Waals surface area contributed by atoms with Gasteiger partial charge < -0.3 is 19.7 Å². The number of hydrogen-bond acceptors (Lipinski definition) is 4. The van der Waals surface area contributed by atoms with Crippen molar-refractivity contribution >= 4 is 0 Å². The maximum atomic E-state index is 9.92. The molecule has 3 unspecified atom stereocenters. The molecule has 0 amide bonds. The van der Waals surface area contributed by atoms with Crippen LogP contribution in [0.3, 0.4) is 0 Å². The van der Waals surface area contributed by atoms with Crippen molar-refractivity contribution in [1.29, 1.82) is 0 Å². The van der Waals surface area contributed by atoms with Gasteiger partial charge in [-0.2, -0.15) is 0 Å². The first-order chi connectivity index (χ1) is 7.49. The molecule has 0 aromatic heterocycles. The Kier molecular flexibility index (Phi) is 5.18. The van der Waals surface area contributed by atoms with E-state index in [-0.39, 0.29) is 5.92 Å². The van der Waals surface area contributed by atoms with Crippen molar-refractivity contribution < 1.29 is 19.7 Å². The molecule has 4 nitrogen and oxygen atoms in total. The minimum absolute atomic E-state index is 0.125.